The van der Waals surface area contributed by atoms with E-state index in [9.17, 15) is 9.59 Å². The summed E-state index contributed by atoms with van der Waals surface area (Å²) < 4.78 is 10.1. The highest BCUT2D eigenvalue weighted by Crippen LogP contribution is 2.14. The molecule has 0 atom stereocenters. The van der Waals surface area contributed by atoms with Gasteiger partial charge in [0.25, 0.3) is 0 Å². The maximum Gasteiger partial charge on any atom is 0.410 e. The number of rotatable bonds is 4. The number of hydrogen-bond donors (Lipinski definition) is 0. The summed E-state index contributed by atoms with van der Waals surface area (Å²) in [6, 6.07) is 8.00. The average Bonchev–Trinajstić information content (AvgIpc) is 2.55. The molecule has 1 aliphatic heterocycles. The van der Waals surface area contributed by atoms with Crippen LogP contribution in [0.4, 0.5) is 4.79 Å². The van der Waals surface area contributed by atoms with E-state index >= 15 is 0 Å². The summed E-state index contributed by atoms with van der Waals surface area (Å²) in [6.07, 6.45) is 0.0602. The van der Waals surface area contributed by atoms with Crippen molar-refractivity contribution in [2.45, 2.75) is 39.3 Å². The van der Waals surface area contributed by atoms with Gasteiger partial charge < -0.3 is 14.4 Å². The SMILES string of the molecule is COC(=O)Cc1ccc(CN2CCN(C(=O)OC(C)(C)C)CC2)cc1. The third-order valence-electron chi connectivity index (χ3n) is 4.03. The van der Waals surface area contributed by atoms with E-state index in [1.165, 1.54) is 12.7 Å². The Bertz CT molecular complexity index is 584. The first-order chi connectivity index (χ1) is 11.8. The molecule has 1 aromatic rings. The van der Waals surface area contributed by atoms with Gasteiger partial charge in [0.1, 0.15) is 5.60 Å². The lowest BCUT2D eigenvalue weighted by atomic mass is 10.1. The normalized spacial score (nSPS) is 15.8. The zero-order chi connectivity index (χ0) is 18.4. The van der Waals surface area contributed by atoms with Gasteiger partial charge in [0.15, 0.2) is 0 Å². The fourth-order valence-corrected chi connectivity index (χ4v) is 2.67. The molecular weight excluding hydrogens is 320 g/mol. The molecular formula is C19H28N2O4. The van der Waals surface area contributed by atoms with Gasteiger partial charge in [0, 0.05) is 32.7 Å². The molecule has 6 nitrogen and oxygen atoms in total. The first kappa shape index (κ1) is 19.2. The molecule has 1 fully saturated rings. The smallest absolute Gasteiger partial charge is 0.410 e. The molecule has 1 saturated heterocycles. The zero-order valence-electron chi connectivity index (χ0n) is 15.6. The number of amides is 1. The molecule has 0 radical (unpaired) electrons. The molecule has 0 spiro atoms. The molecule has 0 bridgehead atoms. The number of nitrogens with zero attached hydrogens (tertiary/aromatic N) is 2. The number of piperazine rings is 1. The van der Waals surface area contributed by atoms with Gasteiger partial charge in [-0.25, -0.2) is 4.79 Å². The van der Waals surface area contributed by atoms with Crippen LogP contribution in [0.1, 0.15) is 31.9 Å². The number of methoxy groups -OCH3 is 1. The Morgan fingerprint density at radius 2 is 1.56 bits per heavy atom. The Balaban J connectivity index is 1.80. The molecule has 0 N–H and O–H groups in total. The maximum atomic E-state index is 12.1. The molecule has 0 unspecified atom stereocenters. The number of esters is 1. The maximum absolute atomic E-state index is 12.1. The summed E-state index contributed by atoms with van der Waals surface area (Å²) in [4.78, 5) is 27.4. The Labute approximate surface area is 149 Å². The summed E-state index contributed by atoms with van der Waals surface area (Å²) in [7, 11) is 1.40. The highest BCUT2D eigenvalue weighted by molar-refractivity contribution is 5.72. The third kappa shape index (κ3) is 6.38. The van der Waals surface area contributed by atoms with Crippen LogP contribution in [0.15, 0.2) is 24.3 Å². The molecule has 0 saturated carbocycles. The van der Waals surface area contributed by atoms with Crippen molar-refractivity contribution in [3.05, 3.63) is 35.4 Å². The lowest BCUT2D eigenvalue weighted by molar-refractivity contribution is -0.139. The number of carbonyl (C=O) groups excluding carboxylic acids is 2. The first-order valence-corrected chi connectivity index (χ1v) is 8.62. The minimum atomic E-state index is -0.458. The monoisotopic (exact) mass is 348 g/mol. The van der Waals surface area contributed by atoms with Crippen LogP contribution in [0.25, 0.3) is 0 Å². The molecule has 1 aromatic carbocycles. The number of carbonyl (C=O) groups is 2. The van der Waals surface area contributed by atoms with Crippen molar-refractivity contribution in [2.75, 3.05) is 33.3 Å². The van der Waals surface area contributed by atoms with Crippen LogP contribution in [0.5, 0.6) is 0 Å². The van der Waals surface area contributed by atoms with Crippen LogP contribution in [-0.2, 0) is 27.2 Å². The Hall–Kier alpha value is -2.08. The Morgan fingerprint density at radius 3 is 2.08 bits per heavy atom. The van der Waals surface area contributed by atoms with E-state index in [-0.39, 0.29) is 12.1 Å². The standard InChI is InChI=1S/C19H28N2O4/c1-19(2,3)25-18(23)21-11-9-20(10-12-21)14-16-7-5-15(6-8-16)13-17(22)24-4/h5-8H,9-14H2,1-4H3. The quantitative estimate of drug-likeness (QED) is 0.782. The van der Waals surface area contributed by atoms with Crippen LogP contribution in [-0.4, -0.2) is 60.8 Å². The van der Waals surface area contributed by atoms with Gasteiger partial charge in [-0.1, -0.05) is 24.3 Å². The van der Waals surface area contributed by atoms with Gasteiger partial charge in [0.2, 0.25) is 0 Å². The van der Waals surface area contributed by atoms with Crippen molar-refractivity contribution in [1.29, 1.82) is 0 Å². The number of benzene rings is 1. The van der Waals surface area contributed by atoms with Gasteiger partial charge in [-0.05, 0) is 31.9 Å². The minimum Gasteiger partial charge on any atom is -0.469 e. The number of hydrogen-bond acceptors (Lipinski definition) is 5. The topological polar surface area (TPSA) is 59.1 Å². The third-order valence-corrected chi connectivity index (χ3v) is 4.03. The van der Waals surface area contributed by atoms with E-state index in [0.717, 1.165) is 25.2 Å². The summed E-state index contributed by atoms with van der Waals surface area (Å²) in [5.74, 6) is -0.231. The highest BCUT2D eigenvalue weighted by Gasteiger charge is 2.25. The van der Waals surface area contributed by atoms with E-state index in [4.69, 9.17) is 4.74 Å². The fraction of sp³-hybridized carbons (Fsp3) is 0.579. The Kier molecular flexibility index (Phi) is 6.42. The molecule has 2 rings (SSSR count). The molecule has 1 aliphatic rings. The van der Waals surface area contributed by atoms with E-state index in [2.05, 4.69) is 9.64 Å². The summed E-state index contributed by atoms with van der Waals surface area (Å²) in [5, 5.41) is 0. The largest absolute Gasteiger partial charge is 0.469 e. The lowest BCUT2D eigenvalue weighted by Crippen LogP contribution is -2.49. The van der Waals surface area contributed by atoms with E-state index < -0.39 is 5.60 Å². The molecule has 1 amide bonds. The molecule has 138 valence electrons. The lowest BCUT2D eigenvalue weighted by Gasteiger charge is -2.35. The second-order valence-electron chi connectivity index (χ2n) is 7.31. The van der Waals surface area contributed by atoms with E-state index in [0.29, 0.717) is 19.5 Å². The second kappa shape index (κ2) is 8.34. The zero-order valence-corrected chi connectivity index (χ0v) is 15.6. The van der Waals surface area contributed by atoms with Crippen LogP contribution < -0.4 is 0 Å². The van der Waals surface area contributed by atoms with Crippen molar-refractivity contribution in [3.8, 4) is 0 Å². The van der Waals surface area contributed by atoms with Crippen molar-refractivity contribution >= 4 is 12.1 Å². The van der Waals surface area contributed by atoms with Crippen molar-refractivity contribution in [1.82, 2.24) is 9.80 Å². The molecule has 6 heteroatoms. The van der Waals surface area contributed by atoms with Crippen LogP contribution >= 0.6 is 0 Å². The fourth-order valence-electron chi connectivity index (χ4n) is 2.67. The van der Waals surface area contributed by atoms with Crippen molar-refractivity contribution in [3.63, 3.8) is 0 Å². The van der Waals surface area contributed by atoms with E-state index in [1.807, 2.05) is 45.0 Å². The molecule has 1 heterocycles. The molecule has 25 heavy (non-hydrogen) atoms. The van der Waals surface area contributed by atoms with Gasteiger partial charge in [-0.2, -0.15) is 0 Å². The van der Waals surface area contributed by atoms with Gasteiger partial charge >= 0.3 is 12.1 Å². The second-order valence-corrected chi connectivity index (χ2v) is 7.31. The summed E-state index contributed by atoms with van der Waals surface area (Å²) in [6.45, 7) is 9.47. The van der Waals surface area contributed by atoms with Gasteiger partial charge in [0.05, 0.1) is 13.5 Å². The summed E-state index contributed by atoms with van der Waals surface area (Å²) >= 11 is 0. The van der Waals surface area contributed by atoms with Crippen LogP contribution in [0.2, 0.25) is 0 Å². The van der Waals surface area contributed by atoms with Crippen LogP contribution in [0, 0.1) is 0 Å². The minimum absolute atomic E-state index is 0.231. The highest BCUT2D eigenvalue weighted by atomic mass is 16.6. The predicted octanol–water partition coefficient (Wildman–Crippen LogP) is 2.45. The van der Waals surface area contributed by atoms with Crippen molar-refractivity contribution in [2.24, 2.45) is 0 Å². The molecule has 0 aromatic heterocycles. The first-order valence-electron chi connectivity index (χ1n) is 8.62. The van der Waals surface area contributed by atoms with Gasteiger partial charge in [-0.15, -0.1) is 0 Å². The van der Waals surface area contributed by atoms with E-state index in [1.54, 1.807) is 4.90 Å². The van der Waals surface area contributed by atoms with Crippen molar-refractivity contribution < 1.29 is 19.1 Å². The summed E-state index contributed by atoms with van der Waals surface area (Å²) in [5.41, 5.74) is 1.69. The van der Waals surface area contributed by atoms with Gasteiger partial charge in [-0.3, -0.25) is 9.69 Å². The number of ether oxygens (including phenoxy) is 2. The predicted molar refractivity (Wildman–Crippen MR) is 95.2 cm³/mol. The average molecular weight is 348 g/mol. The van der Waals surface area contributed by atoms with Crippen LogP contribution in [0.3, 0.4) is 0 Å². The molecule has 0 aliphatic carbocycles. The Morgan fingerprint density at radius 1 is 1.00 bits per heavy atom.